The van der Waals surface area contributed by atoms with E-state index in [0.29, 0.717) is 17.7 Å². The first-order chi connectivity index (χ1) is 9.96. The van der Waals surface area contributed by atoms with Crippen molar-refractivity contribution in [3.63, 3.8) is 0 Å². The molecule has 3 N–H and O–H groups in total. The average Bonchev–Trinajstić information content (AvgIpc) is 2.46. The summed E-state index contributed by atoms with van der Waals surface area (Å²) in [5, 5.41) is 0. The minimum atomic E-state index is -3.40. The lowest BCUT2D eigenvalue weighted by Gasteiger charge is -2.08. The van der Waals surface area contributed by atoms with Gasteiger partial charge in [0.05, 0.1) is 5.75 Å². The number of thiocarbonyl (C=S) groups is 1. The molecule has 0 bridgehead atoms. The van der Waals surface area contributed by atoms with Crippen molar-refractivity contribution in [2.75, 3.05) is 10.5 Å². The van der Waals surface area contributed by atoms with Crippen LogP contribution >= 0.6 is 12.2 Å². The summed E-state index contributed by atoms with van der Waals surface area (Å²) in [5.74, 6) is 0.00800. The Bertz CT molecular complexity index is 714. The number of benzene rings is 1. The molecule has 0 aliphatic carbocycles. The Labute approximate surface area is 129 Å². The maximum atomic E-state index is 12.0. The van der Waals surface area contributed by atoms with Gasteiger partial charge in [-0.05, 0) is 48.4 Å². The second kappa shape index (κ2) is 6.64. The van der Waals surface area contributed by atoms with E-state index in [4.69, 9.17) is 18.0 Å². The summed E-state index contributed by atoms with van der Waals surface area (Å²) in [6, 6.07) is 10.2. The molecular weight excluding hydrogens is 306 g/mol. The van der Waals surface area contributed by atoms with Crippen LogP contribution in [0.4, 0.5) is 5.69 Å². The Morgan fingerprint density at radius 1 is 1.14 bits per heavy atom. The lowest BCUT2D eigenvalue weighted by molar-refractivity contribution is 0.600. The van der Waals surface area contributed by atoms with Gasteiger partial charge in [-0.2, -0.15) is 0 Å². The monoisotopic (exact) mass is 321 g/mol. The van der Waals surface area contributed by atoms with Crippen LogP contribution in [-0.2, 0) is 16.4 Å². The van der Waals surface area contributed by atoms with E-state index in [9.17, 15) is 8.42 Å². The largest absolute Gasteiger partial charge is 0.389 e. The number of nitrogens with two attached hydrogens (primary N) is 1. The van der Waals surface area contributed by atoms with Crippen molar-refractivity contribution in [2.45, 2.75) is 6.42 Å². The van der Waals surface area contributed by atoms with Crippen molar-refractivity contribution in [1.82, 2.24) is 4.98 Å². The molecule has 0 atom stereocenters. The van der Waals surface area contributed by atoms with E-state index >= 15 is 0 Å². The molecule has 1 aromatic heterocycles. The quantitative estimate of drug-likeness (QED) is 0.791. The normalized spacial score (nSPS) is 11.0. The van der Waals surface area contributed by atoms with Gasteiger partial charge in [-0.1, -0.05) is 12.2 Å². The summed E-state index contributed by atoms with van der Waals surface area (Å²) >= 11 is 4.84. The Morgan fingerprint density at radius 3 is 2.33 bits per heavy atom. The zero-order valence-corrected chi connectivity index (χ0v) is 12.8. The van der Waals surface area contributed by atoms with Gasteiger partial charge in [0.2, 0.25) is 10.0 Å². The van der Waals surface area contributed by atoms with Crippen LogP contribution in [0.25, 0.3) is 0 Å². The summed E-state index contributed by atoms with van der Waals surface area (Å²) in [7, 11) is -3.40. The van der Waals surface area contributed by atoms with Crippen molar-refractivity contribution < 1.29 is 8.42 Å². The molecule has 1 heterocycles. The summed E-state index contributed by atoms with van der Waals surface area (Å²) in [4.78, 5) is 4.17. The highest BCUT2D eigenvalue weighted by molar-refractivity contribution is 7.92. The molecule has 5 nitrogen and oxygen atoms in total. The topological polar surface area (TPSA) is 85.1 Å². The number of aromatic nitrogens is 1. The van der Waals surface area contributed by atoms with Gasteiger partial charge in [-0.25, -0.2) is 8.42 Å². The van der Waals surface area contributed by atoms with Gasteiger partial charge >= 0.3 is 0 Å². The first-order valence-corrected chi connectivity index (χ1v) is 8.31. The molecule has 0 unspecified atom stereocenters. The number of aryl methyl sites for hydroxylation is 1. The van der Waals surface area contributed by atoms with E-state index in [1.54, 1.807) is 48.8 Å². The van der Waals surface area contributed by atoms with E-state index in [1.807, 2.05) is 0 Å². The van der Waals surface area contributed by atoms with Crippen LogP contribution in [0.2, 0.25) is 0 Å². The molecule has 0 spiro atoms. The van der Waals surface area contributed by atoms with Crippen LogP contribution < -0.4 is 10.5 Å². The van der Waals surface area contributed by atoms with Crippen LogP contribution in [0.15, 0.2) is 48.8 Å². The molecule has 0 fully saturated rings. The zero-order valence-electron chi connectivity index (χ0n) is 11.2. The van der Waals surface area contributed by atoms with Crippen LogP contribution in [0.1, 0.15) is 11.1 Å². The third-order valence-corrected chi connectivity index (χ3v) is 4.38. The van der Waals surface area contributed by atoms with E-state index in [-0.39, 0.29) is 10.7 Å². The second-order valence-corrected chi connectivity index (χ2v) is 6.75. The summed E-state index contributed by atoms with van der Waals surface area (Å²) < 4.78 is 26.6. The summed E-state index contributed by atoms with van der Waals surface area (Å²) in [6.45, 7) is 0. The van der Waals surface area contributed by atoms with Crippen LogP contribution in [0, 0.1) is 0 Å². The molecule has 7 heteroatoms. The number of pyridine rings is 1. The third-order valence-electron chi connectivity index (χ3n) is 2.85. The maximum absolute atomic E-state index is 12.0. The molecule has 0 radical (unpaired) electrons. The van der Waals surface area contributed by atoms with Crippen LogP contribution in [0.3, 0.4) is 0 Å². The van der Waals surface area contributed by atoms with Crippen LogP contribution in [0.5, 0.6) is 0 Å². The lowest BCUT2D eigenvalue weighted by Crippen LogP contribution is -2.18. The first kappa shape index (κ1) is 15.4. The fourth-order valence-electron chi connectivity index (χ4n) is 1.73. The summed E-state index contributed by atoms with van der Waals surface area (Å²) in [6.07, 6.45) is 3.72. The van der Waals surface area contributed by atoms with Gasteiger partial charge in [0.1, 0.15) is 4.99 Å². The Hall–Kier alpha value is -1.99. The number of sulfonamides is 1. The molecule has 2 rings (SSSR count). The van der Waals surface area contributed by atoms with Crippen LogP contribution in [-0.4, -0.2) is 24.1 Å². The molecule has 110 valence electrons. The Kier molecular flexibility index (Phi) is 4.87. The highest BCUT2D eigenvalue weighted by Crippen LogP contribution is 2.12. The number of hydrogen-bond donors (Lipinski definition) is 2. The summed E-state index contributed by atoms with van der Waals surface area (Å²) in [5.41, 5.74) is 7.61. The van der Waals surface area contributed by atoms with Gasteiger partial charge < -0.3 is 5.73 Å². The number of anilines is 1. The van der Waals surface area contributed by atoms with E-state index in [2.05, 4.69) is 9.71 Å². The predicted octanol–water partition coefficient (Wildman–Crippen LogP) is 1.70. The molecule has 0 amide bonds. The highest BCUT2D eigenvalue weighted by Gasteiger charge is 2.10. The number of rotatable bonds is 6. The van der Waals surface area contributed by atoms with Crippen molar-refractivity contribution in [3.8, 4) is 0 Å². The number of nitrogens with one attached hydrogen (secondary N) is 1. The van der Waals surface area contributed by atoms with E-state index in [1.165, 1.54) is 0 Å². The maximum Gasteiger partial charge on any atom is 0.233 e. The smallest absolute Gasteiger partial charge is 0.233 e. The average molecular weight is 321 g/mol. The molecule has 21 heavy (non-hydrogen) atoms. The van der Waals surface area contributed by atoms with E-state index < -0.39 is 10.0 Å². The lowest BCUT2D eigenvalue weighted by atomic mass is 10.2. The number of hydrogen-bond acceptors (Lipinski definition) is 4. The molecule has 0 aliphatic heterocycles. The Morgan fingerprint density at radius 2 is 1.76 bits per heavy atom. The molecule has 0 aliphatic rings. The molecule has 0 saturated carbocycles. The van der Waals surface area contributed by atoms with Gasteiger partial charge in [0.15, 0.2) is 0 Å². The standard InChI is InChI=1S/C14H15N3O2S2/c15-14(20)12-1-3-13(4-2-12)17-21(18,19)10-7-11-5-8-16-9-6-11/h1-6,8-9,17H,7,10H2,(H2,15,20). The molecule has 0 saturated heterocycles. The van der Waals surface area contributed by atoms with Crippen molar-refractivity contribution >= 4 is 32.9 Å². The highest BCUT2D eigenvalue weighted by atomic mass is 32.2. The van der Waals surface area contributed by atoms with Crippen molar-refractivity contribution in [1.29, 1.82) is 0 Å². The minimum absolute atomic E-state index is 0.00800. The second-order valence-electron chi connectivity index (χ2n) is 4.47. The fraction of sp³-hybridized carbons (Fsp3) is 0.143. The number of nitrogens with zero attached hydrogens (tertiary/aromatic N) is 1. The van der Waals surface area contributed by atoms with Gasteiger partial charge in [-0.3, -0.25) is 9.71 Å². The van der Waals surface area contributed by atoms with Gasteiger partial charge in [-0.15, -0.1) is 0 Å². The fourth-order valence-corrected chi connectivity index (χ4v) is 2.97. The SMILES string of the molecule is NC(=S)c1ccc(NS(=O)(=O)CCc2ccncc2)cc1. The van der Waals surface area contributed by atoms with E-state index in [0.717, 1.165) is 5.56 Å². The predicted molar refractivity (Wildman–Crippen MR) is 87.7 cm³/mol. The molecular formula is C14H15N3O2S2. The van der Waals surface area contributed by atoms with Crippen molar-refractivity contribution in [3.05, 3.63) is 59.9 Å². The Balaban J connectivity index is 1.99. The molecule has 1 aromatic carbocycles. The minimum Gasteiger partial charge on any atom is -0.389 e. The first-order valence-electron chi connectivity index (χ1n) is 6.25. The molecule has 2 aromatic rings. The van der Waals surface area contributed by atoms with Gasteiger partial charge in [0, 0.05) is 23.6 Å². The van der Waals surface area contributed by atoms with Gasteiger partial charge in [0.25, 0.3) is 0 Å². The van der Waals surface area contributed by atoms with Crippen molar-refractivity contribution in [2.24, 2.45) is 5.73 Å². The zero-order chi connectivity index (χ0) is 15.3. The third kappa shape index (κ3) is 4.80.